The predicted molar refractivity (Wildman–Crippen MR) is 105 cm³/mol. The molecular weight excluding hydrogens is 330 g/mol. The lowest BCUT2D eigenvalue weighted by atomic mass is 10.1. The molecule has 1 aromatic carbocycles. The van der Waals surface area contributed by atoms with Crippen LogP contribution in [-0.2, 0) is 13.0 Å². The van der Waals surface area contributed by atoms with Crippen LogP contribution < -0.4 is 5.32 Å². The van der Waals surface area contributed by atoms with Gasteiger partial charge in [-0.05, 0) is 49.4 Å². The Morgan fingerprint density at radius 2 is 2.00 bits per heavy atom. The Kier molecular flexibility index (Phi) is 7.79. The van der Waals surface area contributed by atoms with Crippen LogP contribution in [0.4, 0.5) is 4.79 Å². The maximum absolute atomic E-state index is 12.7. The van der Waals surface area contributed by atoms with Gasteiger partial charge in [-0.2, -0.15) is 0 Å². The maximum atomic E-state index is 12.7. The smallest absolute Gasteiger partial charge is 0.317 e. The van der Waals surface area contributed by atoms with E-state index in [4.69, 9.17) is 0 Å². The molecule has 1 heterocycles. The molecule has 0 spiro atoms. The highest BCUT2D eigenvalue weighted by Gasteiger charge is 2.16. The van der Waals surface area contributed by atoms with Gasteiger partial charge in [-0.25, -0.2) is 4.79 Å². The number of rotatable bonds is 8. The maximum Gasteiger partial charge on any atom is 0.317 e. The van der Waals surface area contributed by atoms with Gasteiger partial charge in [-0.15, -0.1) is 11.8 Å². The lowest BCUT2D eigenvalue weighted by molar-refractivity contribution is 0.191. The third-order valence-electron chi connectivity index (χ3n) is 3.92. The second-order valence-corrected chi connectivity index (χ2v) is 7.03. The van der Waals surface area contributed by atoms with E-state index in [0.717, 1.165) is 30.6 Å². The van der Waals surface area contributed by atoms with E-state index in [9.17, 15) is 4.79 Å². The average Bonchev–Trinajstić information content (AvgIpc) is 2.62. The fourth-order valence-corrected chi connectivity index (χ4v) is 3.07. The monoisotopic (exact) mass is 357 g/mol. The molecule has 4 nitrogen and oxygen atoms in total. The zero-order valence-corrected chi connectivity index (χ0v) is 16.1. The van der Waals surface area contributed by atoms with E-state index >= 15 is 0 Å². The Morgan fingerprint density at radius 1 is 1.24 bits per heavy atom. The van der Waals surface area contributed by atoms with Gasteiger partial charge >= 0.3 is 6.03 Å². The number of hydrogen-bond acceptors (Lipinski definition) is 3. The second kappa shape index (κ2) is 10.1. The highest BCUT2D eigenvalue weighted by molar-refractivity contribution is 7.98. The molecule has 0 aliphatic carbocycles. The number of carbonyl (C=O) groups is 1. The molecule has 1 atom stereocenters. The van der Waals surface area contributed by atoms with Gasteiger partial charge in [-0.3, -0.25) is 4.98 Å². The third kappa shape index (κ3) is 6.42. The minimum atomic E-state index is -0.0146. The van der Waals surface area contributed by atoms with Crippen LogP contribution in [0.25, 0.3) is 0 Å². The van der Waals surface area contributed by atoms with E-state index in [1.54, 1.807) is 18.0 Å². The summed E-state index contributed by atoms with van der Waals surface area (Å²) in [6, 6.07) is 14.3. The van der Waals surface area contributed by atoms with Crippen LogP contribution in [0.15, 0.2) is 53.6 Å². The van der Waals surface area contributed by atoms with E-state index in [-0.39, 0.29) is 12.1 Å². The lowest BCUT2D eigenvalue weighted by Gasteiger charge is -2.25. The summed E-state index contributed by atoms with van der Waals surface area (Å²) in [5, 5.41) is 3.10. The number of urea groups is 1. The molecule has 0 aliphatic rings. The second-order valence-electron chi connectivity index (χ2n) is 6.15. The number of carbonyl (C=O) groups excluding carboxylic acids is 1. The van der Waals surface area contributed by atoms with Gasteiger partial charge in [0.25, 0.3) is 0 Å². The molecule has 0 fully saturated rings. The van der Waals surface area contributed by atoms with Crippen LogP contribution in [0.3, 0.4) is 0 Å². The quantitative estimate of drug-likeness (QED) is 0.714. The summed E-state index contributed by atoms with van der Waals surface area (Å²) in [4.78, 5) is 20.1. The van der Waals surface area contributed by atoms with Crippen molar-refractivity contribution in [2.24, 2.45) is 0 Å². The Hall–Kier alpha value is -2.01. The Labute approximate surface area is 155 Å². The molecule has 2 aromatic rings. The first kappa shape index (κ1) is 19.3. The van der Waals surface area contributed by atoms with Crippen molar-refractivity contribution in [2.75, 3.05) is 12.8 Å². The summed E-state index contributed by atoms with van der Waals surface area (Å²) in [5.74, 6) is 0. The van der Waals surface area contributed by atoms with Crippen molar-refractivity contribution in [3.8, 4) is 0 Å². The van der Waals surface area contributed by atoms with Gasteiger partial charge < -0.3 is 10.2 Å². The minimum absolute atomic E-state index is 0.0146. The van der Waals surface area contributed by atoms with Gasteiger partial charge in [-0.1, -0.05) is 25.1 Å². The molecule has 134 valence electrons. The van der Waals surface area contributed by atoms with E-state index in [1.807, 2.05) is 30.0 Å². The number of nitrogens with zero attached hydrogens (tertiary/aromatic N) is 2. The van der Waals surface area contributed by atoms with Crippen molar-refractivity contribution in [3.05, 3.63) is 59.9 Å². The number of pyridine rings is 1. The number of thioether (sulfide) groups is 1. The molecule has 5 heteroatoms. The van der Waals surface area contributed by atoms with Crippen LogP contribution >= 0.6 is 11.8 Å². The zero-order valence-electron chi connectivity index (χ0n) is 15.2. The van der Waals surface area contributed by atoms with Gasteiger partial charge in [0, 0.05) is 42.3 Å². The molecule has 0 saturated carbocycles. The summed E-state index contributed by atoms with van der Waals surface area (Å²) in [5.41, 5.74) is 2.14. The fraction of sp³-hybridized carbons (Fsp3) is 0.400. The Balaban J connectivity index is 1.94. The Bertz CT molecular complexity index is 646. The van der Waals surface area contributed by atoms with Crippen molar-refractivity contribution in [1.29, 1.82) is 0 Å². The first-order valence-electron chi connectivity index (χ1n) is 8.70. The molecule has 1 N–H and O–H groups in total. The molecule has 2 amide bonds. The Morgan fingerprint density at radius 3 is 2.60 bits per heavy atom. The van der Waals surface area contributed by atoms with Crippen molar-refractivity contribution >= 4 is 17.8 Å². The molecular formula is C20H27N3OS. The van der Waals surface area contributed by atoms with Crippen LogP contribution in [0.2, 0.25) is 0 Å². The van der Waals surface area contributed by atoms with Crippen LogP contribution in [0.5, 0.6) is 0 Å². The summed E-state index contributed by atoms with van der Waals surface area (Å²) >= 11 is 1.72. The van der Waals surface area contributed by atoms with Crippen molar-refractivity contribution in [1.82, 2.24) is 15.2 Å². The van der Waals surface area contributed by atoms with E-state index in [1.165, 1.54) is 4.90 Å². The molecule has 25 heavy (non-hydrogen) atoms. The largest absolute Gasteiger partial charge is 0.335 e. The summed E-state index contributed by atoms with van der Waals surface area (Å²) in [6.45, 7) is 5.48. The van der Waals surface area contributed by atoms with Crippen LogP contribution in [0.1, 0.15) is 31.5 Å². The molecule has 0 unspecified atom stereocenters. The normalized spacial score (nSPS) is 11.8. The SMILES string of the molecule is CCCN(Cc1ccc(SC)cc1)C(=O)N[C@@H](C)Cc1ccccn1. The molecule has 2 rings (SSSR count). The van der Waals surface area contributed by atoms with E-state index < -0.39 is 0 Å². The first-order chi connectivity index (χ1) is 12.1. The molecule has 0 saturated heterocycles. The predicted octanol–water partition coefficient (Wildman–Crippen LogP) is 4.36. The zero-order chi connectivity index (χ0) is 18.1. The number of nitrogens with one attached hydrogen (secondary N) is 1. The minimum Gasteiger partial charge on any atom is -0.335 e. The third-order valence-corrected chi connectivity index (χ3v) is 4.67. The standard InChI is InChI=1S/C20H27N3OS/c1-4-13-23(15-17-8-10-19(25-3)11-9-17)20(24)22-16(2)14-18-7-5-6-12-21-18/h5-12,16H,4,13-15H2,1-3H3,(H,22,24)/t16-/m0/s1. The topological polar surface area (TPSA) is 45.2 Å². The van der Waals surface area contributed by atoms with Crippen LogP contribution in [-0.4, -0.2) is 34.8 Å². The molecule has 0 aliphatic heterocycles. The van der Waals surface area contributed by atoms with E-state index in [0.29, 0.717) is 6.54 Å². The first-order valence-corrected chi connectivity index (χ1v) is 9.93. The molecule has 0 radical (unpaired) electrons. The summed E-state index contributed by atoms with van der Waals surface area (Å²) in [6.07, 6.45) is 5.51. The fourth-order valence-electron chi connectivity index (χ4n) is 2.66. The summed E-state index contributed by atoms with van der Waals surface area (Å²) < 4.78 is 0. The lowest BCUT2D eigenvalue weighted by Crippen LogP contribution is -2.44. The van der Waals surface area contributed by atoms with Crippen LogP contribution in [0, 0.1) is 0 Å². The molecule has 0 bridgehead atoms. The highest BCUT2D eigenvalue weighted by atomic mass is 32.2. The summed E-state index contributed by atoms with van der Waals surface area (Å²) in [7, 11) is 0. The van der Waals surface area contributed by atoms with Gasteiger partial charge in [0.05, 0.1) is 0 Å². The van der Waals surface area contributed by atoms with Gasteiger partial charge in [0.15, 0.2) is 0 Å². The van der Waals surface area contributed by atoms with Crippen molar-refractivity contribution < 1.29 is 4.79 Å². The van der Waals surface area contributed by atoms with Gasteiger partial charge in [0.1, 0.15) is 0 Å². The number of aromatic nitrogens is 1. The number of benzene rings is 1. The highest BCUT2D eigenvalue weighted by Crippen LogP contribution is 2.16. The average molecular weight is 358 g/mol. The molecule has 1 aromatic heterocycles. The number of hydrogen-bond donors (Lipinski definition) is 1. The van der Waals surface area contributed by atoms with Gasteiger partial charge in [0.2, 0.25) is 0 Å². The van der Waals surface area contributed by atoms with Crippen molar-refractivity contribution in [3.63, 3.8) is 0 Å². The van der Waals surface area contributed by atoms with E-state index in [2.05, 4.69) is 47.7 Å². The van der Waals surface area contributed by atoms with Crippen molar-refractivity contribution in [2.45, 2.75) is 44.2 Å². The number of amides is 2.